The molecule has 5 nitrogen and oxygen atoms in total. The van der Waals surface area contributed by atoms with Gasteiger partial charge in [-0.1, -0.05) is 11.2 Å². The lowest BCUT2D eigenvalue weighted by molar-refractivity contribution is 0.318. The molecule has 2 rings (SSSR count). The summed E-state index contributed by atoms with van der Waals surface area (Å²) >= 11 is 2.27. The Morgan fingerprint density at radius 1 is 1.33 bits per heavy atom. The van der Waals surface area contributed by atoms with E-state index in [1.54, 1.807) is 19.2 Å². The first-order valence-corrected chi connectivity index (χ1v) is 7.36. The summed E-state index contributed by atoms with van der Waals surface area (Å²) in [6.45, 7) is 0.579. The minimum absolute atomic E-state index is 0.0770. The third kappa shape index (κ3) is 4.01. The largest absolute Gasteiger partial charge is 0.496 e. The minimum atomic E-state index is 0.0770. The van der Waals surface area contributed by atoms with Gasteiger partial charge < -0.3 is 21.0 Å². The number of nitrogens with zero attached hydrogens (tertiary/aromatic N) is 1. The molecule has 0 amide bonds. The zero-order valence-corrected chi connectivity index (χ0v) is 13.7. The van der Waals surface area contributed by atoms with E-state index in [1.807, 2.05) is 24.3 Å². The van der Waals surface area contributed by atoms with Crippen LogP contribution in [0, 0.1) is 3.57 Å². The minimum Gasteiger partial charge on any atom is -0.496 e. The fraction of sp³-hybridized carbons (Fsp3) is 0.133. The molecule has 21 heavy (non-hydrogen) atoms. The fourth-order valence-corrected chi connectivity index (χ4v) is 2.47. The van der Waals surface area contributed by atoms with Crippen LogP contribution >= 0.6 is 22.6 Å². The van der Waals surface area contributed by atoms with Crippen molar-refractivity contribution >= 4 is 34.1 Å². The molecular weight excluding hydrogens is 381 g/mol. The van der Waals surface area contributed by atoms with Gasteiger partial charge in [-0.25, -0.2) is 0 Å². The number of halogens is 1. The van der Waals surface area contributed by atoms with Crippen molar-refractivity contribution in [3.8, 4) is 5.75 Å². The summed E-state index contributed by atoms with van der Waals surface area (Å²) in [5, 5.41) is 15.1. The summed E-state index contributed by atoms with van der Waals surface area (Å²) in [6, 6.07) is 13.5. The molecule has 0 aliphatic heterocycles. The van der Waals surface area contributed by atoms with E-state index in [1.165, 1.54) is 0 Å². The van der Waals surface area contributed by atoms with Gasteiger partial charge in [0.15, 0.2) is 5.84 Å². The van der Waals surface area contributed by atoms with Crippen molar-refractivity contribution in [1.29, 1.82) is 0 Å². The Hall–Kier alpha value is -1.96. The summed E-state index contributed by atoms with van der Waals surface area (Å²) in [6.07, 6.45) is 0. The molecule has 2 aromatic rings. The second kappa shape index (κ2) is 7.16. The smallest absolute Gasteiger partial charge is 0.170 e. The maximum Gasteiger partial charge on any atom is 0.170 e. The van der Waals surface area contributed by atoms with E-state index in [-0.39, 0.29) is 5.84 Å². The van der Waals surface area contributed by atoms with Crippen LogP contribution < -0.4 is 15.8 Å². The lowest BCUT2D eigenvalue weighted by Crippen LogP contribution is -2.14. The summed E-state index contributed by atoms with van der Waals surface area (Å²) in [5.74, 6) is 0.829. The number of nitrogens with one attached hydrogen (secondary N) is 1. The number of hydrogen-bond donors (Lipinski definition) is 3. The first-order valence-electron chi connectivity index (χ1n) is 6.28. The van der Waals surface area contributed by atoms with Gasteiger partial charge in [0.1, 0.15) is 5.75 Å². The number of nitrogens with two attached hydrogens (primary N) is 1. The number of benzene rings is 2. The van der Waals surface area contributed by atoms with Crippen LogP contribution in [-0.2, 0) is 6.54 Å². The molecule has 0 bridgehead atoms. The number of ether oxygens (including phenoxy) is 1. The van der Waals surface area contributed by atoms with Crippen molar-refractivity contribution in [2.45, 2.75) is 6.54 Å². The molecule has 0 saturated carbocycles. The van der Waals surface area contributed by atoms with Crippen LogP contribution in [0.3, 0.4) is 0 Å². The highest BCUT2D eigenvalue weighted by Crippen LogP contribution is 2.22. The Bertz CT molecular complexity index is 659. The van der Waals surface area contributed by atoms with E-state index in [0.717, 1.165) is 20.6 Å². The molecule has 0 unspecified atom stereocenters. The number of rotatable bonds is 5. The zero-order chi connectivity index (χ0) is 15.2. The molecule has 0 spiro atoms. The van der Waals surface area contributed by atoms with Crippen LogP contribution in [0.1, 0.15) is 11.1 Å². The predicted molar refractivity (Wildman–Crippen MR) is 92.0 cm³/mol. The SMILES string of the molecule is COc1ccc(/C(N)=N/O)cc1CNc1cccc(I)c1. The highest BCUT2D eigenvalue weighted by molar-refractivity contribution is 14.1. The Labute approximate surface area is 136 Å². The van der Waals surface area contributed by atoms with Crippen molar-refractivity contribution in [3.63, 3.8) is 0 Å². The monoisotopic (exact) mass is 397 g/mol. The molecular formula is C15H16IN3O2. The van der Waals surface area contributed by atoms with Gasteiger partial charge in [-0.3, -0.25) is 0 Å². The van der Waals surface area contributed by atoms with Crippen molar-refractivity contribution in [2.24, 2.45) is 10.9 Å². The Balaban J connectivity index is 2.21. The van der Waals surface area contributed by atoms with Crippen molar-refractivity contribution < 1.29 is 9.94 Å². The molecule has 0 radical (unpaired) electrons. The lowest BCUT2D eigenvalue weighted by atomic mass is 10.1. The first-order chi connectivity index (χ1) is 10.1. The van der Waals surface area contributed by atoms with E-state index in [2.05, 4.69) is 39.1 Å². The Morgan fingerprint density at radius 3 is 2.81 bits per heavy atom. The number of anilines is 1. The molecule has 110 valence electrons. The van der Waals surface area contributed by atoms with E-state index in [4.69, 9.17) is 15.7 Å². The third-order valence-corrected chi connectivity index (χ3v) is 3.66. The summed E-state index contributed by atoms with van der Waals surface area (Å²) < 4.78 is 6.50. The van der Waals surface area contributed by atoms with E-state index in [0.29, 0.717) is 12.1 Å². The Morgan fingerprint density at radius 2 is 2.14 bits per heavy atom. The topological polar surface area (TPSA) is 79.9 Å². The van der Waals surface area contributed by atoms with Gasteiger partial charge in [-0.2, -0.15) is 0 Å². The highest BCUT2D eigenvalue weighted by atomic mass is 127. The second-order valence-corrected chi connectivity index (χ2v) is 5.62. The third-order valence-electron chi connectivity index (χ3n) is 2.99. The van der Waals surface area contributed by atoms with Crippen LogP contribution in [-0.4, -0.2) is 18.2 Å². The normalized spacial score (nSPS) is 11.2. The first kappa shape index (κ1) is 15.4. The number of methoxy groups -OCH3 is 1. The standard InChI is InChI=1S/C15H16IN3O2/c1-21-14-6-5-10(15(17)19-20)7-11(14)9-18-13-4-2-3-12(16)8-13/h2-8,18,20H,9H2,1H3,(H2,17,19). The van der Waals surface area contributed by atoms with Crippen LogP contribution in [0.4, 0.5) is 5.69 Å². The van der Waals surface area contributed by atoms with Crippen LogP contribution in [0.15, 0.2) is 47.6 Å². The number of hydrogen-bond acceptors (Lipinski definition) is 4. The summed E-state index contributed by atoms with van der Waals surface area (Å²) in [5.41, 5.74) is 8.23. The van der Waals surface area contributed by atoms with Crippen molar-refractivity contribution in [2.75, 3.05) is 12.4 Å². The number of amidine groups is 1. The molecule has 0 aliphatic carbocycles. The molecule has 2 aromatic carbocycles. The molecule has 6 heteroatoms. The molecule has 0 atom stereocenters. The molecule has 0 saturated heterocycles. The molecule has 4 N–H and O–H groups in total. The maximum atomic E-state index is 8.76. The van der Waals surface area contributed by atoms with Gasteiger partial charge in [0, 0.05) is 26.9 Å². The van der Waals surface area contributed by atoms with Gasteiger partial charge in [0.25, 0.3) is 0 Å². The maximum absolute atomic E-state index is 8.76. The fourth-order valence-electron chi connectivity index (χ4n) is 1.93. The summed E-state index contributed by atoms with van der Waals surface area (Å²) in [7, 11) is 1.62. The van der Waals surface area contributed by atoms with Gasteiger partial charge in [-0.15, -0.1) is 0 Å². The second-order valence-electron chi connectivity index (χ2n) is 4.38. The average Bonchev–Trinajstić information content (AvgIpc) is 2.52. The quantitative estimate of drug-likeness (QED) is 0.238. The lowest BCUT2D eigenvalue weighted by Gasteiger charge is -2.12. The molecule has 0 aromatic heterocycles. The van der Waals surface area contributed by atoms with Crippen LogP contribution in [0.5, 0.6) is 5.75 Å². The van der Waals surface area contributed by atoms with E-state index < -0.39 is 0 Å². The predicted octanol–water partition coefficient (Wildman–Crippen LogP) is 3.01. The van der Waals surface area contributed by atoms with Gasteiger partial charge in [0.05, 0.1) is 7.11 Å². The zero-order valence-electron chi connectivity index (χ0n) is 11.5. The van der Waals surface area contributed by atoms with Crippen molar-refractivity contribution in [1.82, 2.24) is 0 Å². The van der Waals surface area contributed by atoms with Crippen LogP contribution in [0.25, 0.3) is 0 Å². The molecule has 0 fully saturated rings. The van der Waals surface area contributed by atoms with E-state index in [9.17, 15) is 0 Å². The molecule has 0 heterocycles. The summed E-state index contributed by atoms with van der Waals surface area (Å²) in [4.78, 5) is 0. The number of oxime groups is 1. The highest BCUT2D eigenvalue weighted by Gasteiger charge is 2.07. The average molecular weight is 397 g/mol. The van der Waals surface area contributed by atoms with Crippen molar-refractivity contribution in [3.05, 3.63) is 57.2 Å². The van der Waals surface area contributed by atoms with Gasteiger partial charge in [-0.05, 0) is 59.0 Å². The Kier molecular flexibility index (Phi) is 5.26. The van der Waals surface area contributed by atoms with Crippen LogP contribution in [0.2, 0.25) is 0 Å². The van der Waals surface area contributed by atoms with E-state index >= 15 is 0 Å². The van der Waals surface area contributed by atoms with Gasteiger partial charge in [0.2, 0.25) is 0 Å². The molecule has 0 aliphatic rings. The van der Waals surface area contributed by atoms with Gasteiger partial charge >= 0.3 is 0 Å².